The van der Waals surface area contributed by atoms with E-state index in [9.17, 15) is 19.7 Å². The Hall–Kier alpha value is -3.68. The molecule has 2 heterocycles. The van der Waals surface area contributed by atoms with Gasteiger partial charge in [0.15, 0.2) is 6.61 Å². The van der Waals surface area contributed by atoms with Crippen LogP contribution in [0.4, 0.5) is 5.69 Å². The quantitative estimate of drug-likeness (QED) is 0.277. The van der Waals surface area contributed by atoms with Crippen molar-refractivity contribution < 1.29 is 23.7 Å². The van der Waals surface area contributed by atoms with Gasteiger partial charge in [0.1, 0.15) is 5.76 Å². The molecule has 144 valence electrons. The molecule has 0 atom stereocenters. The molecule has 8 heteroatoms. The number of furan rings is 1. The van der Waals surface area contributed by atoms with E-state index in [-0.39, 0.29) is 17.2 Å². The minimum Gasteiger partial charge on any atom is -0.451 e. The third-order valence-corrected chi connectivity index (χ3v) is 4.58. The molecule has 1 aromatic carbocycles. The van der Waals surface area contributed by atoms with Crippen LogP contribution in [0.15, 0.2) is 46.9 Å². The van der Waals surface area contributed by atoms with Crippen molar-refractivity contribution in [3.05, 3.63) is 75.3 Å². The largest absolute Gasteiger partial charge is 0.451 e. The lowest BCUT2D eigenvalue weighted by atomic mass is 10.1. The number of nitro benzene ring substituents is 1. The molecule has 0 amide bonds. The van der Waals surface area contributed by atoms with Gasteiger partial charge in [-0.3, -0.25) is 14.9 Å². The number of carbonyl (C=O) groups excluding carboxylic acids is 2. The molecule has 0 unspecified atom stereocenters. The molecule has 0 bridgehead atoms. The van der Waals surface area contributed by atoms with Gasteiger partial charge in [-0.15, -0.1) is 0 Å². The van der Waals surface area contributed by atoms with Crippen molar-refractivity contribution in [2.24, 2.45) is 7.05 Å². The number of ether oxygens (including phenoxy) is 1. The number of ketones is 1. The summed E-state index contributed by atoms with van der Waals surface area (Å²) in [5.41, 5.74) is 2.79. The van der Waals surface area contributed by atoms with E-state index >= 15 is 0 Å². The minimum absolute atomic E-state index is 0.0418. The molecule has 28 heavy (non-hydrogen) atoms. The minimum atomic E-state index is -0.758. The molecular weight excluding hydrogens is 364 g/mol. The van der Waals surface area contributed by atoms with Crippen LogP contribution in [-0.4, -0.2) is 27.8 Å². The van der Waals surface area contributed by atoms with E-state index in [1.807, 2.05) is 25.5 Å². The van der Waals surface area contributed by atoms with Gasteiger partial charge in [-0.25, -0.2) is 4.79 Å². The Labute approximate surface area is 160 Å². The second kappa shape index (κ2) is 7.51. The second-order valence-corrected chi connectivity index (χ2v) is 6.31. The lowest BCUT2D eigenvalue weighted by Gasteiger charge is -2.03. The van der Waals surface area contributed by atoms with Crippen molar-refractivity contribution in [2.45, 2.75) is 13.8 Å². The van der Waals surface area contributed by atoms with E-state index < -0.39 is 17.5 Å². The third kappa shape index (κ3) is 3.71. The summed E-state index contributed by atoms with van der Waals surface area (Å²) in [5, 5.41) is 10.7. The highest BCUT2D eigenvalue weighted by molar-refractivity contribution is 6.00. The Balaban J connectivity index is 1.66. The van der Waals surface area contributed by atoms with E-state index in [2.05, 4.69) is 0 Å². The average Bonchev–Trinajstić information content (AvgIpc) is 3.27. The molecule has 3 rings (SSSR count). The zero-order valence-corrected chi connectivity index (χ0v) is 15.6. The summed E-state index contributed by atoms with van der Waals surface area (Å²) in [6.07, 6.45) is 0. The van der Waals surface area contributed by atoms with E-state index in [0.29, 0.717) is 16.9 Å². The first-order chi connectivity index (χ1) is 13.3. The Kier molecular flexibility index (Phi) is 5.12. The third-order valence-electron chi connectivity index (χ3n) is 4.58. The maximum Gasteiger partial charge on any atom is 0.374 e. The zero-order chi connectivity index (χ0) is 20.4. The maximum atomic E-state index is 12.3. The first-order valence-corrected chi connectivity index (χ1v) is 8.46. The average molecular weight is 382 g/mol. The molecule has 0 saturated carbocycles. The van der Waals surface area contributed by atoms with Gasteiger partial charge in [-0.2, -0.15) is 0 Å². The highest BCUT2D eigenvalue weighted by Crippen LogP contribution is 2.25. The van der Waals surface area contributed by atoms with Crippen LogP contribution < -0.4 is 0 Å². The number of non-ortho nitro benzene ring substituents is 1. The fraction of sp³-hybridized carbons (Fsp3) is 0.200. The number of rotatable bonds is 6. The number of aryl methyl sites for hydroxylation is 1. The Morgan fingerprint density at radius 1 is 1.14 bits per heavy atom. The number of hydrogen-bond donors (Lipinski definition) is 0. The van der Waals surface area contributed by atoms with Gasteiger partial charge in [0.2, 0.25) is 11.5 Å². The highest BCUT2D eigenvalue weighted by Gasteiger charge is 2.19. The number of aromatic nitrogens is 1. The van der Waals surface area contributed by atoms with Crippen LogP contribution in [-0.2, 0) is 11.8 Å². The summed E-state index contributed by atoms with van der Waals surface area (Å²) in [6, 6.07) is 10.5. The van der Waals surface area contributed by atoms with Crippen molar-refractivity contribution >= 4 is 17.4 Å². The van der Waals surface area contributed by atoms with Crippen LogP contribution in [0.1, 0.15) is 32.3 Å². The monoisotopic (exact) mass is 382 g/mol. The molecular formula is C20H18N2O6. The molecule has 0 N–H and O–H groups in total. The number of esters is 1. The molecule has 8 nitrogen and oxygen atoms in total. The van der Waals surface area contributed by atoms with Crippen molar-refractivity contribution in [2.75, 3.05) is 6.61 Å². The van der Waals surface area contributed by atoms with Crippen LogP contribution in [0, 0.1) is 24.0 Å². The molecule has 3 aromatic rings. The standard InChI is InChI=1S/C20H18N2O6/c1-12-10-16(13(2)21(12)3)17(23)11-27-20(24)19-9-8-18(28-19)14-4-6-15(7-5-14)22(25)26/h4-10H,11H2,1-3H3. The van der Waals surface area contributed by atoms with Gasteiger partial charge in [0, 0.05) is 41.7 Å². The normalized spacial score (nSPS) is 10.7. The number of carbonyl (C=O) groups is 2. The second-order valence-electron chi connectivity index (χ2n) is 6.31. The van der Waals surface area contributed by atoms with Crippen LogP contribution >= 0.6 is 0 Å². The van der Waals surface area contributed by atoms with E-state index in [1.165, 1.54) is 30.3 Å². The Bertz CT molecular complexity index is 1060. The van der Waals surface area contributed by atoms with E-state index in [0.717, 1.165) is 11.4 Å². The summed E-state index contributed by atoms with van der Waals surface area (Å²) >= 11 is 0. The number of benzene rings is 1. The van der Waals surface area contributed by atoms with E-state index in [4.69, 9.17) is 9.15 Å². The van der Waals surface area contributed by atoms with Crippen molar-refractivity contribution in [1.29, 1.82) is 0 Å². The Morgan fingerprint density at radius 3 is 2.39 bits per heavy atom. The number of hydrogen-bond acceptors (Lipinski definition) is 6. The summed E-state index contributed by atoms with van der Waals surface area (Å²) in [7, 11) is 1.86. The van der Waals surface area contributed by atoms with E-state index in [1.54, 1.807) is 12.1 Å². The van der Waals surface area contributed by atoms with Gasteiger partial charge in [0.25, 0.3) is 5.69 Å². The molecule has 0 aliphatic rings. The first-order valence-electron chi connectivity index (χ1n) is 8.46. The topological polar surface area (TPSA) is 105 Å². The fourth-order valence-corrected chi connectivity index (χ4v) is 2.77. The summed E-state index contributed by atoms with van der Waals surface area (Å²) in [6.45, 7) is 3.32. The maximum absolute atomic E-state index is 12.3. The van der Waals surface area contributed by atoms with Crippen LogP contribution in [0.5, 0.6) is 0 Å². The molecule has 0 saturated heterocycles. The lowest BCUT2D eigenvalue weighted by molar-refractivity contribution is -0.384. The van der Waals surface area contributed by atoms with Gasteiger partial charge in [-0.1, -0.05) is 0 Å². The molecule has 0 fully saturated rings. The van der Waals surface area contributed by atoms with Gasteiger partial charge >= 0.3 is 5.97 Å². The van der Waals surface area contributed by atoms with Crippen LogP contribution in [0.3, 0.4) is 0 Å². The summed E-state index contributed by atoms with van der Waals surface area (Å²) in [4.78, 5) is 34.7. The van der Waals surface area contributed by atoms with Crippen LogP contribution in [0.25, 0.3) is 11.3 Å². The highest BCUT2D eigenvalue weighted by atomic mass is 16.6. The first kappa shape index (κ1) is 19.1. The number of Topliss-reactive ketones (excluding diaryl/α,β-unsaturated/α-hetero) is 1. The zero-order valence-electron chi connectivity index (χ0n) is 15.6. The molecule has 0 aliphatic carbocycles. The van der Waals surface area contributed by atoms with Gasteiger partial charge in [0.05, 0.1) is 4.92 Å². The fourth-order valence-electron chi connectivity index (χ4n) is 2.77. The molecule has 2 aromatic heterocycles. The smallest absolute Gasteiger partial charge is 0.374 e. The summed E-state index contributed by atoms with van der Waals surface area (Å²) in [5.74, 6) is -0.742. The molecule has 0 spiro atoms. The lowest BCUT2D eigenvalue weighted by Crippen LogP contribution is -2.14. The SMILES string of the molecule is Cc1cc(C(=O)COC(=O)c2ccc(-c3ccc([N+](=O)[O-])cc3)o2)c(C)n1C. The molecule has 0 aliphatic heterocycles. The van der Waals surface area contributed by atoms with Crippen molar-refractivity contribution in [3.8, 4) is 11.3 Å². The van der Waals surface area contributed by atoms with Crippen LogP contribution in [0.2, 0.25) is 0 Å². The Morgan fingerprint density at radius 2 is 1.82 bits per heavy atom. The van der Waals surface area contributed by atoms with Crippen molar-refractivity contribution in [1.82, 2.24) is 4.57 Å². The summed E-state index contributed by atoms with van der Waals surface area (Å²) < 4.78 is 12.4. The van der Waals surface area contributed by atoms with Crippen molar-refractivity contribution in [3.63, 3.8) is 0 Å². The number of nitrogens with zero attached hydrogens (tertiary/aromatic N) is 2. The predicted molar refractivity (Wildman–Crippen MR) is 100 cm³/mol. The number of nitro groups is 1. The molecule has 0 radical (unpaired) electrons. The van der Waals surface area contributed by atoms with Gasteiger partial charge < -0.3 is 13.7 Å². The van der Waals surface area contributed by atoms with Gasteiger partial charge in [-0.05, 0) is 44.2 Å². The predicted octanol–water partition coefficient (Wildman–Crippen LogP) is 3.85.